The van der Waals surface area contributed by atoms with E-state index >= 15 is 0 Å². The largest absolute Gasteiger partial charge is 0.392 e. The Morgan fingerprint density at radius 2 is 2.00 bits per heavy atom. The molecule has 1 aromatic carbocycles. The van der Waals surface area contributed by atoms with E-state index in [9.17, 15) is 9.50 Å². The third kappa shape index (κ3) is 3.65. The van der Waals surface area contributed by atoms with Gasteiger partial charge in [0.05, 0.1) is 18.0 Å². The molecule has 1 aromatic heterocycles. The first kappa shape index (κ1) is 14.7. The Bertz CT molecular complexity index is 536. The van der Waals surface area contributed by atoms with Crippen LogP contribution in [0.4, 0.5) is 4.39 Å². The Hall–Kier alpha value is -1.72. The van der Waals surface area contributed by atoms with Gasteiger partial charge >= 0.3 is 0 Å². The second-order valence-corrected chi connectivity index (χ2v) is 5.22. The van der Waals surface area contributed by atoms with Crippen LogP contribution in [0.1, 0.15) is 19.4 Å². The second kappa shape index (κ2) is 6.63. The van der Waals surface area contributed by atoms with Gasteiger partial charge in [-0.3, -0.25) is 5.10 Å². The van der Waals surface area contributed by atoms with Crippen molar-refractivity contribution in [3.05, 3.63) is 41.8 Å². The number of aliphatic hydroxyl groups excluding tert-OH is 1. The van der Waals surface area contributed by atoms with Gasteiger partial charge in [-0.2, -0.15) is 5.10 Å². The highest BCUT2D eigenvalue weighted by atomic mass is 19.1. The number of rotatable bonds is 6. The quantitative estimate of drug-likeness (QED) is 0.759. The van der Waals surface area contributed by atoms with E-state index in [0.29, 0.717) is 13.1 Å². The van der Waals surface area contributed by atoms with Gasteiger partial charge in [-0.1, -0.05) is 13.8 Å². The van der Waals surface area contributed by atoms with Gasteiger partial charge in [-0.25, -0.2) is 4.39 Å². The van der Waals surface area contributed by atoms with Crippen LogP contribution in [0.2, 0.25) is 0 Å². The van der Waals surface area contributed by atoms with Crippen molar-refractivity contribution >= 4 is 0 Å². The molecule has 0 aliphatic rings. The van der Waals surface area contributed by atoms with Gasteiger partial charge in [0.2, 0.25) is 0 Å². The molecule has 0 aliphatic carbocycles. The van der Waals surface area contributed by atoms with Crippen LogP contribution in [0.25, 0.3) is 11.3 Å². The lowest BCUT2D eigenvalue weighted by atomic mass is 10.1. The number of nitrogens with one attached hydrogen (secondary N) is 2. The molecule has 1 unspecified atom stereocenters. The van der Waals surface area contributed by atoms with Gasteiger partial charge in [-0.05, 0) is 30.2 Å². The summed E-state index contributed by atoms with van der Waals surface area (Å²) in [5.41, 5.74) is 2.76. The Labute approximate surface area is 118 Å². The van der Waals surface area contributed by atoms with Crippen molar-refractivity contribution in [2.24, 2.45) is 5.92 Å². The zero-order valence-corrected chi connectivity index (χ0v) is 11.7. The molecule has 0 saturated heterocycles. The third-order valence-electron chi connectivity index (χ3n) is 3.29. The predicted octanol–water partition coefficient (Wildman–Crippen LogP) is 2.32. The zero-order chi connectivity index (χ0) is 14.5. The fraction of sp³-hybridized carbons (Fsp3) is 0.400. The lowest BCUT2D eigenvalue weighted by molar-refractivity contribution is 0.123. The van der Waals surface area contributed by atoms with Crippen molar-refractivity contribution in [1.29, 1.82) is 0 Å². The molecule has 0 amide bonds. The zero-order valence-electron chi connectivity index (χ0n) is 11.7. The molecule has 0 fully saturated rings. The minimum atomic E-state index is -0.365. The van der Waals surface area contributed by atoms with Gasteiger partial charge in [0.15, 0.2) is 0 Å². The minimum Gasteiger partial charge on any atom is -0.392 e. The molecule has 0 aliphatic heterocycles. The second-order valence-electron chi connectivity index (χ2n) is 5.22. The van der Waals surface area contributed by atoms with Crippen molar-refractivity contribution in [3.8, 4) is 11.3 Å². The number of nitrogens with zero attached hydrogens (tertiary/aromatic N) is 1. The van der Waals surface area contributed by atoms with E-state index < -0.39 is 0 Å². The maximum absolute atomic E-state index is 12.9. The monoisotopic (exact) mass is 277 g/mol. The Kier molecular flexibility index (Phi) is 4.87. The normalized spacial score (nSPS) is 12.8. The molecule has 0 bridgehead atoms. The van der Waals surface area contributed by atoms with Crippen LogP contribution in [0, 0.1) is 11.7 Å². The van der Waals surface area contributed by atoms with Gasteiger partial charge in [-0.15, -0.1) is 0 Å². The lowest BCUT2D eigenvalue weighted by Gasteiger charge is -2.15. The summed E-state index contributed by atoms with van der Waals surface area (Å²) in [7, 11) is 0. The average Bonchev–Trinajstić information content (AvgIpc) is 2.88. The van der Waals surface area contributed by atoms with Crippen LogP contribution in [-0.4, -0.2) is 28.0 Å². The number of halogens is 1. The summed E-state index contributed by atoms with van der Waals surface area (Å²) < 4.78 is 12.9. The van der Waals surface area contributed by atoms with Crippen LogP contribution < -0.4 is 5.32 Å². The van der Waals surface area contributed by atoms with Crippen molar-refractivity contribution in [1.82, 2.24) is 15.5 Å². The number of aromatic nitrogens is 2. The van der Waals surface area contributed by atoms with Crippen molar-refractivity contribution < 1.29 is 9.50 Å². The molecule has 5 heteroatoms. The fourth-order valence-electron chi connectivity index (χ4n) is 1.90. The summed E-state index contributed by atoms with van der Waals surface area (Å²) in [4.78, 5) is 0. The fourth-order valence-corrected chi connectivity index (χ4v) is 1.90. The number of aromatic amines is 1. The lowest BCUT2D eigenvalue weighted by Crippen LogP contribution is -2.30. The highest BCUT2D eigenvalue weighted by molar-refractivity contribution is 5.62. The molecule has 1 heterocycles. The van der Waals surface area contributed by atoms with Gasteiger partial charge in [0.1, 0.15) is 5.82 Å². The third-order valence-corrected chi connectivity index (χ3v) is 3.29. The molecule has 2 rings (SSSR count). The van der Waals surface area contributed by atoms with Crippen molar-refractivity contribution in [2.45, 2.75) is 26.5 Å². The number of hydrogen-bond donors (Lipinski definition) is 3. The molecule has 0 spiro atoms. The Morgan fingerprint density at radius 3 is 2.65 bits per heavy atom. The number of hydrogen-bond acceptors (Lipinski definition) is 3. The van der Waals surface area contributed by atoms with Crippen LogP contribution in [0.15, 0.2) is 30.5 Å². The topological polar surface area (TPSA) is 60.9 Å². The molecule has 0 saturated carbocycles. The number of aliphatic hydroxyl groups is 1. The van der Waals surface area contributed by atoms with Gasteiger partial charge < -0.3 is 10.4 Å². The molecule has 0 radical (unpaired) electrons. The standard InChI is InChI=1S/C15H20FN3O/c1-10(2)14(20)9-17-7-12-8-18-19-15(12)11-3-5-13(16)6-4-11/h3-6,8,10,14,17,20H,7,9H2,1-2H3,(H,18,19). The van der Waals surface area contributed by atoms with Gasteiger partial charge in [0, 0.05) is 24.2 Å². The van der Waals surface area contributed by atoms with Crippen molar-refractivity contribution in [2.75, 3.05) is 6.54 Å². The van der Waals surface area contributed by atoms with Crippen LogP contribution in [0.5, 0.6) is 0 Å². The minimum absolute atomic E-state index is 0.225. The summed E-state index contributed by atoms with van der Waals surface area (Å²) in [6.45, 7) is 5.10. The van der Waals surface area contributed by atoms with Crippen LogP contribution >= 0.6 is 0 Å². The highest BCUT2D eigenvalue weighted by Crippen LogP contribution is 2.21. The highest BCUT2D eigenvalue weighted by Gasteiger charge is 2.11. The van der Waals surface area contributed by atoms with Gasteiger partial charge in [0.25, 0.3) is 0 Å². The molecular formula is C15H20FN3O. The first-order valence-electron chi connectivity index (χ1n) is 6.75. The van der Waals surface area contributed by atoms with Crippen LogP contribution in [-0.2, 0) is 6.54 Å². The Morgan fingerprint density at radius 1 is 1.30 bits per heavy atom. The summed E-state index contributed by atoms with van der Waals surface area (Å²) in [5, 5.41) is 19.9. The summed E-state index contributed by atoms with van der Waals surface area (Å²) in [6.07, 6.45) is 1.38. The van der Waals surface area contributed by atoms with E-state index in [-0.39, 0.29) is 17.8 Å². The molecule has 3 N–H and O–H groups in total. The molecular weight excluding hydrogens is 257 g/mol. The molecule has 108 valence electrons. The van der Waals surface area contributed by atoms with E-state index in [1.807, 2.05) is 13.8 Å². The summed E-state index contributed by atoms with van der Waals surface area (Å²) in [5.74, 6) is -0.0311. The van der Waals surface area contributed by atoms with E-state index in [1.165, 1.54) is 12.1 Å². The molecule has 1 atom stereocenters. The summed E-state index contributed by atoms with van der Waals surface area (Å²) >= 11 is 0. The first-order chi connectivity index (χ1) is 9.58. The smallest absolute Gasteiger partial charge is 0.123 e. The number of H-pyrrole nitrogens is 1. The summed E-state index contributed by atoms with van der Waals surface area (Å²) in [6, 6.07) is 6.29. The number of benzene rings is 1. The molecule has 20 heavy (non-hydrogen) atoms. The SMILES string of the molecule is CC(C)C(O)CNCc1cn[nH]c1-c1ccc(F)cc1. The van der Waals surface area contributed by atoms with E-state index in [4.69, 9.17) is 0 Å². The average molecular weight is 277 g/mol. The molecule has 4 nitrogen and oxygen atoms in total. The maximum atomic E-state index is 12.9. The van der Waals surface area contributed by atoms with E-state index in [0.717, 1.165) is 16.8 Å². The van der Waals surface area contributed by atoms with E-state index in [2.05, 4.69) is 15.5 Å². The van der Waals surface area contributed by atoms with Crippen LogP contribution in [0.3, 0.4) is 0 Å². The van der Waals surface area contributed by atoms with Crippen molar-refractivity contribution in [3.63, 3.8) is 0 Å². The molecule has 2 aromatic rings. The maximum Gasteiger partial charge on any atom is 0.123 e. The Balaban J connectivity index is 2.00. The predicted molar refractivity (Wildman–Crippen MR) is 76.5 cm³/mol. The van der Waals surface area contributed by atoms with E-state index in [1.54, 1.807) is 18.3 Å². The first-order valence-corrected chi connectivity index (χ1v) is 6.75.